The third-order valence-corrected chi connectivity index (χ3v) is 2.06. The van der Waals surface area contributed by atoms with Gasteiger partial charge < -0.3 is 5.11 Å². The average Bonchev–Trinajstić information content (AvgIpc) is 2.35. The van der Waals surface area contributed by atoms with Crippen LogP contribution < -0.4 is 5.32 Å². The standard InChI is InChI=1S/C7H10N2O2S/c1-4-3-8-7(12-4)9-6(11)5(2)10/h3,5,10H,1-2H3,(H,8,9,11)/t5-/m0/s1. The summed E-state index contributed by atoms with van der Waals surface area (Å²) in [5.74, 6) is -0.427. The molecule has 1 amide bonds. The van der Waals surface area contributed by atoms with Crippen LogP contribution in [0.1, 0.15) is 11.8 Å². The van der Waals surface area contributed by atoms with Gasteiger partial charge in [0.25, 0.3) is 5.91 Å². The number of carbonyl (C=O) groups is 1. The summed E-state index contributed by atoms with van der Waals surface area (Å²) in [4.78, 5) is 15.9. The molecule has 1 atom stereocenters. The van der Waals surface area contributed by atoms with E-state index in [2.05, 4.69) is 10.3 Å². The maximum absolute atomic E-state index is 10.9. The van der Waals surface area contributed by atoms with Gasteiger partial charge in [0.05, 0.1) is 0 Å². The number of nitrogens with one attached hydrogen (secondary N) is 1. The van der Waals surface area contributed by atoms with E-state index < -0.39 is 12.0 Å². The molecule has 2 N–H and O–H groups in total. The molecule has 5 heteroatoms. The minimum Gasteiger partial charge on any atom is -0.384 e. The molecular weight excluding hydrogens is 176 g/mol. The minimum absolute atomic E-state index is 0.427. The summed E-state index contributed by atoms with van der Waals surface area (Å²) in [6.07, 6.45) is 0.677. The number of rotatable bonds is 2. The fourth-order valence-corrected chi connectivity index (χ4v) is 1.29. The van der Waals surface area contributed by atoms with Gasteiger partial charge in [0.15, 0.2) is 5.13 Å². The highest BCUT2D eigenvalue weighted by atomic mass is 32.1. The number of hydrogen-bond acceptors (Lipinski definition) is 4. The molecule has 12 heavy (non-hydrogen) atoms. The number of anilines is 1. The first-order valence-corrected chi connectivity index (χ1v) is 4.32. The minimum atomic E-state index is -0.991. The third kappa shape index (κ3) is 2.28. The van der Waals surface area contributed by atoms with E-state index in [0.29, 0.717) is 5.13 Å². The summed E-state index contributed by atoms with van der Waals surface area (Å²) in [7, 11) is 0. The predicted octanol–water partition coefficient (Wildman–Crippen LogP) is 0.771. The van der Waals surface area contributed by atoms with E-state index in [1.165, 1.54) is 18.3 Å². The van der Waals surface area contributed by atoms with Gasteiger partial charge in [-0.1, -0.05) is 0 Å². The van der Waals surface area contributed by atoms with Crippen LogP contribution in [0.3, 0.4) is 0 Å². The fraction of sp³-hybridized carbons (Fsp3) is 0.429. The number of hydrogen-bond donors (Lipinski definition) is 2. The molecule has 1 rings (SSSR count). The lowest BCUT2D eigenvalue weighted by molar-refractivity contribution is -0.123. The van der Waals surface area contributed by atoms with Gasteiger partial charge in [-0.2, -0.15) is 0 Å². The Kier molecular flexibility index (Phi) is 2.78. The first-order chi connectivity index (χ1) is 5.59. The molecule has 0 radical (unpaired) electrons. The Balaban J connectivity index is 2.58. The summed E-state index contributed by atoms with van der Waals surface area (Å²) >= 11 is 1.38. The van der Waals surface area contributed by atoms with Crippen molar-refractivity contribution in [3.8, 4) is 0 Å². The lowest BCUT2D eigenvalue weighted by atomic mass is 10.4. The zero-order valence-electron chi connectivity index (χ0n) is 6.87. The molecule has 0 saturated carbocycles. The molecule has 66 valence electrons. The molecule has 0 bridgehead atoms. The second-order valence-corrected chi connectivity index (χ2v) is 3.68. The quantitative estimate of drug-likeness (QED) is 0.717. The van der Waals surface area contributed by atoms with Crippen LogP contribution in [-0.4, -0.2) is 22.1 Å². The summed E-state index contributed by atoms with van der Waals surface area (Å²) in [6.45, 7) is 3.31. The maximum atomic E-state index is 10.9. The molecule has 0 spiro atoms. The molecule has 4 nitrogen and oxygen atoms in total. The number of amides is 1. The Morgan fingerprint density at radius 1 is 1.83 bits per heavy atom. The van der Waals surface area contributed by atoms with Gasteiger partial charge in [-0.3, -0.25) is 10.1 Å². The van der Waals surface area contributed by atoms with Crippen LogP contribution in [0.15, 0.2) is 6.20 Å². The Bertz CT molecular complexity index is 283. The lowest BCUT2D eigenvalue weighted by Gasteiger charge is -2.02. The number of aliphatic hydroxyl groups is 1. The van der Waals surface area contributed by atoms with E-state index in [-0.39, 0.29) is 0 Å². The van der Waals surface area contributed by atoms with Crippen molar-refractivity contribution >= 4 is 22.4 Å². The zero-order chi connectivity index (χ0) is 9.14. The second kappa shape index (κ2) is 3.64. The van der Waals surface area contributed by atoms with Gasteiger partial charge >= 0.3 is 0 Å². The van der Waals surface area contributed by atoms with Crippen LogP contribution in [0.5, 0.6) is 0 Å². The summed E-state index contributed by atoms with van der Waals surface area (Å²) in [5, 5.41) is 11.9. The average molecular weight is 186 g/mol. The number of carbonyl (C=O) groups excluding carboxylic acids is 1. The Morgan fingerprint density at radius 2 is 2.50 bits per heavy atom. The Morgan fingerprint density at radius 3 is 2.92 bits per heavy atom. The van der Waals surface area contributed by atoms with Crippen molar-refractivity contribution in [2.45, 2.75) is 20.0 Å². The summed E-state index contributed by atoms with van der Waals surface area (Å²) in [5.41, 5.74) is 0. The molecule has 0 fully saturated rings. The van der Waals surface area contributed by atoms with E-state index in [4.69, 9.17) is 5.11 Å². The molecule has 0 aliphatic carbocycles. The van der Waals surface area contributed by atoms with Crippen molar-refractivity contribution in [3.05, 3.63) is 11.1 Å². The van der Waals surface area contributed by atoms with E-state index in [9.17, 15) is 4.79 Å². The topological polar surface area (TPSA) is 62.2 Å². The van der Waals surface area contributed by atoms with Crippen molar-refractivity contribution in [2.24, 2.45) is 0 Å². The van der Waals surface area contributed by atoms with Gasteiger partial charge in [0.2, 0.25) is 0 Å². The highest BCUT2D eigenvalue weighted by Crippen LogP contribution is 2.16. The van der Waals surface area contributed by atoms with Crippen molar-refractivity contribution in [1.82, 2.24) is 4.98 Å². The van der Waals surface area contributed by atoms with Crippen LogP contribution in [-0.2, 0) is 4.79 Å². The Hall–Kier alpha value is -0.940. The van der Waals surface area contributed by atoms with Gasteiger partial charge in [0.1, 0.15) is 6.10 Å². The highest BCUT2D eigenvalue weighted by Gasteiger charge is 2.09. The predicted molar refractivity (Wildman–Crippen MR) is 47.2 cm³/mol. The molecule has 1 aromatic heterocycles. The third-order valence-electron chi connectivity index (χ3n) is 1.23. The largest absolute Gasteiger partial charge is 0.384 e. The van der Waals surface area contributed by atoms with Crippen molar-refractivity contribution in [2.75, 3.05) is 5.32 Å². The van der Waals surface area contributed by atoms with Gasteiger partial charge in [-0.25, -0.2) is 4.98 Å². The molecule has 0 aliphatic rings. The second-order valence-electron chi connectivity index (χ2n) is 2.44. The van der Waals surface area contributed by atoms with E-state index in [0.717, 1.165) is 4.88 Å². The van der Waals surface area contributed by atoms with Gasteiger partial charge in [-0.05, 0) is 13.8 Å². The van der Waals surface area contributed by atoms with E-state index >= 15 is 0 Å². The molecule has 0 saturated heterocycles. The van der Waals surface area contributed by atoms with Gasteiger partial charge in [0, 0.05) is 11.1 Å². The van der Waals surface area contributed by atoms with Crippen LogP contribution in [0.2, 0.25) is 0 Å². The SMILES string of the molecule is Cc1cnc(NC(=O)[C@H](C)O)s1. The number of aliphatic hydroxyl groups excluding tert-OH is 1. The van der Waals surface area contributed by atoms with E-state index in [1.54, 1.807) is 6.20 Å². The first kappa shape index (κ1) is 9.15. The van der Waals surface area contributed by atoms with Gasteiger partial charge in [-0.15, -0.1) is 11.3 Å². The van der Waals surface area contributed by atoms with Crippen molar-refractivity contribution < 1.29 is 9.90 Å². The normalized spacial score (nSPS) is 12.6. The number of thiazole rings is 1. The number of aryl methyl sites for hydroxylation is 1. The molecule has 0 aromatic carbocycles. The van der Waals surface area contributed by atoms with Crippen LogP contribution in [0, 0.1) is 6.92 Å². The smallest absolute Gasteiger partial charge is 0.254 e. The molecule has 1 heterocycles. The molecular formula is C7H10N2O2S. The number of nitrogens with zero attached hydrogens (tertiary/aromatic N) is 1. The lowest BCUT2D eigenvalue weighted by Crippen LogP contribution is -2.24. The monoisotopic (exact) mass is 186 g/mol. The number of aromatic nitrogens is 1. The fourth-order valence-electron chi connectivity index (χ4n) is 0.622. The van der Waals surface area contributed by atoms with Crippen molar-refractivity contribution in [3.63, 3.8) is 0 Å². The zero-order valence-corrected chi connectivity index (χ0v) is 7.68. The van der Waals surface area contributed by atoms with Crippen molar-refractivity contribution in [1.29, 1.82) is 0 Å². The molecule has 1 aromatic rings. The first-order valence-electron chi connectivity index (χ1n) is 3.51. The summed E-state index contributed by atoms with van der Waals surface area (Å²) in [6, 6.07) is 0. The molecule has 0 unspecified atom stereocenters. The van der Waals surface area contributed by atoms with Crippen LogP contribution >= 0.6 is 11.3 Å². The van der Waals surface area contributed by atoms with E-state index in [1.807, 2.05) is 6.92 Å². The maximum Gasteiger partial charge on any atom is 0.254 e. The highest BCUT2D eigenvalue weighted by molar-refractivity contribution is 7.15. The summed E-state index contributed by atoms with van der Waals surface area (Å²) < 4.78 is 0. The van der Waals surface area contributed by atoms with Crippen LogP contribution in [0.25, 0.3) is 0 Å². The Labute approximate surface area is 74.3 Å². The molecule has 0 aliphatic heterocycles. The van der Waals surface area contributed by atoms with Crippen LogP contribution in [0.4, 0.5) is 5.13 Å².